The molecule has 0 unspecified atom stereocenters. The van der Waals surface area contributed by atoms with Crippen LogP contribution in [-0.4, -0.2) is 54.4 Å². The Morgan fingerprint density at radius 3 is 2.62 bits per heavy atom. The molecule has 0 saturated carbocycles. The second-order valence-electron chi connectivity index (χ2n) is 5.92. The number of piperazine rings is 1. The van der Waals surface area contributed by atoms with Crippen molar-refractivity contribution in [1.29, 1.82) is 0 Å². The number of amides is 2. The van der Waals surface area contributed by atoms with E-state index in [1.54, 1.807) is 0 Å². The summed E-state index contributed by atoms with van der Waals surface area (Å²) in [7, 11) is 0. The Hall–Kier alpha value is -2.90. The molecule has 1 heterocycles. The summed E-state index contributed by atoms with van der Waals surface area (Å²) in [6.07, 6.45) is 1.29. The third kappa shape index (κ3) is 4.59. The van der Waals surface area contributed by atoms with Gasteiger partial charge in [-0.05, 0) is 12.5 Å². The molecule has 1 aromatic rings. The van der Waals surface area contributed by atoms with E-state index in [1.807, 2.05) is 6.92 Å². The van der Waals surface area contributed by atoms with Gasteiger partial charge >= 0.3 is 5.97 Å². The van der Waals surface area contributed by atoms with Crippen molar-refractivity contribution in [3.05, 3.63) is 35.4 Å². The number of nitrogens with zero attached hydrogens (tertiary/aromatic N) is 1. The number of carboxylic acid groups (broad SMARTS) is 1. The number of hydrogen-bond acceptors (Lipinski definition) is 6. The van der Waals surface area contributed by atoms with Crippen molar-refractivity contribution < 1.29 is 29.0 Å². The molecule has 1 atom stereocenters. The lowest BCUT2D eigenvalue weighted by Crippen LogP contribution is -2.58. The summed E-state index contributed by atoms with van der Waals surface area (Å²) in [4.78, 5) is 49.4. The smallest absolute Gasteiger partial charge is 0.308 e. The Morgan fingerprint density at radius 1 is 1.27 bits per heavy atom. The molecule has 1 aromatic carbocycles. The van der Waals surface area contributed by atoms with Gasteiger partial charge in [-0.1, -0.05) is 31.5 Å². The lowest BCUT2D eigenvalue weighted by Gasteiger charge is -2.35. The second kappa shape index (κ2) is 8.98. The average Bonchev–Trinajstić information content (AvgIpc) is 2.63. The molecular weight excluding hydrogens is 340 g/mol. The van der Waals surface area contributed by atoms with Crippen LogP contribution in [0.3, 0.4) is 0 Å². The molecule has 0 radical (unpaired) electrons. The van der Waals surface area contributed by atoms with Gasteiger partial charge in [0.15, 0.2) is 0 Å². The molecule has 0 aliphatic carbocycles. The van der Waals surface area contributed by atoms with Crippen LogP contribution in [0.5, 0.6) is 0 Å². The quantitative estimate of drug-likeness (QED) is 0.528. The van der Waals surface area contributed by atoms with E-state index in [-0.39, 0.29) is 37.2 Å². The van der Waals surface area contributed by atoms with Gasteiger partial charge in [0, 0.05) is 24.2 Å². The fraction of sp³-hybridized carbons (Fsp3) is 0.444. The third-order valence-corrected chi connectivity index (χ3v) is 4.09. The minimum Gasteiger partial charge on any atom is -0.545 e. The first-order chi connectivity index (χ1) is 12.5. The number of ether oxygens (including phenoxy) is 1. The van der Waals surface area contributed by atoms with Crippen LogP contribution >= 0.6 is 0 Å². The molecule has 0 aromatic heterocycles. The van der Waals surface area contributed by atoms with Crippen molar-refractivity contribution in [1.82, 2.24) is 10.2 Å². The maximum Gasteiger partial charge on any atom is 0.308 e. The molecule has 140 valence electrons. The van der Waals surface area contributed by atoms with Crippen LogP contribution < -0.4 is 10.4 Å². The zero-order valence-corrected chi connectivity index (χ0v) is 14.5. The van der Waals surface area contributed by atoms with Gasteiger partial charge in [-0.25, -0.2) is 0 Å². The number of benzene rings is 1. The van der Waals surface area contributed by atoms with Gasteiger partial charge < -0.3 is 24.9 Å². The molecule has 0 spiro atoms. The zero-order chi connectivity index (χ0) is 19.1. The van der Waals surface area contributed by atoms with E-state index in [0.29, 0.717) is 6.42 Å². The van der Waals surface area contributed by atoms with E-state index in [2.05, 4.69) is 5.32 Å². The van der Waals surface area contributed by atoms with Crippen LogP contribution in [0.4, 0.5) is 0 Å². The highest BCUT2D eigenvalue weighted by atomic mass is 16.5. The van der Waals surface area contributed by atoms with Gasteiger partial charge in [0.2, 0.25) is 5.91 Å². The number of hydrogen-bond donors (Lipinski definition) is 1. The number of esters is 1. The Kier molecular flexibility index (Phi) is 6.71. The Bertz CT molecular complexity index is 703. The van der Waals surface area contributed by atoms with E-state index in [9.17, 15) is 24.3 Å². The molecule has 8 heteroatoms. The van der Waals surface area contributed by atoms with Gasteiger partial charge in [-0.15, -0.1) is 0 Å². The number of nitrogens with one attached hydrogen (secondary N) is 1. The number of carbonyl (C=O) groups is 4. The number of unbranched alkanes of at least 4 members (excludes halogenated alkanes) is 1. The number of carboxylic acids is 1. The predicted molar refractivity (Wildman–Crippen MR) is 89.1 cm³/mol. The SMILES string of the molecule is CCCCOC(=O)C[C@H]1C(=O)NCCN1C(=O)c1ccccc1C(=O)[O-]. The number of rotatable bonds is 7. The fourth-order valence-corrected chi connectivity index (χ4v) is 2.71. The zero-order valence-electron chi connectivity index (χ0n) is 14.5. The maximum atomic E-state index is 12.8. The van der Waals surface area contributed by atoms with Crippen molar-refractivity contribution in [2.75, 3.05) is 19.7 Å². The molecule has 2 amide bonds. The first-order valence-corrected chi connectivity index (χ1v) is 8.50. The van der Waals surface area contributed by atoms with Crippen molar-refractivity contribution in [2.24, 2.45) is 0 Å². The van der Waals surface area contributed by atoms with Crippen molar-refractivity contribution in [2.45, 2.75) is 32.2 Å². The Morgan fingerprint density at radius 2 is 1.96 bits per heavy atom. The standard InChI is InChI=1S/C18H22N2O6/c1-2-3-10-26-15(21)11-14-16(22)19-8-9-20(14)17(23)12-6-4-5-7-13(12)18(24)25/h4-7,14H,2-3,8-11H2,1H3,(H,19,22)(H,24,25)/p-1/t14-/m0/s1. The molecule has 1 N–H and O–H groups in total. The Labute approximate surface area is 151 Å². The largest absolute Gasteiger partial charge is 0.545 e. The van der Waals surface area contributed by atoms with Crippen LogP contribution in [0.15, 0.2) is 24.3 Å². The maximum absolute atomic E-state index is 12.8. The molecule has 1 aliphatic rings. The predicted octanol–water partition coefficient (Wildman–Crippen LogP) is -0.276. The summed E-state index contributed by atoms with van der Waals surface area (Å²) in [5, 5.41) is 13.9. The van der Waals surface area contributed by atoms with Gasteiger partial charge in [0.05, 0.1) is 19.0 Å². The lowest BCUT2D eigenvalue weighted by atomic mass is 10.0. The van der Waals surface area contributed by atoms with Crippen LogP contribution in [0.1, 0.15) is 46.9 Å². The van der Waals surface area contributed by atoms with Crippen LogP contribution in [0.2, 0.25) is 0 Å². The summed E-state index contributed by atoms with van der Waals surface area (Å²) >= 11 is 0. The molecular formula is C18H21N2O6-. The molecule has 0 bridgehead atoms. The van der Waals surface area contributed by atoms with Crippen molar-refractivity contribution in [3.63, 3.8) is 0 Å². The number of carbonyl (C=O) groups excluding carboxylic acids is 4. The summed E-state index contributed by atoms with van der Waals surface area (Å²) in [6, 6.07) is 4.59. The molecule has 2 rings (SSSR count). The first-order valence-electron chi connectivity index (χ1n) is 8.50. The van der Waals surface area contributed by atoms with Gasteiger partial charge in [0.1, 0.15) is 6.04 Å². The van der Waals surface area contributed by atoms with Crippen molar-refractivity contribution in [3.8, 4) is 0 Å². The molecule has 1 aliphatic heterocycles. The van der Waals surface area contributed by atoms with Crippen LogP contribution in [0, 0.1) is 0 Å². The lowest BCUT2D eigenvalue weighted by molar-refractivity contribution is -0.255. The molecule has 26 heavy (non-hydrogen) atoms. The number of aromatic carboxylic acids is 1. The summed E-state index contributed by atoms with van der Waals surface area (Å²) < 4.78 is 5.07. The normalized spacial score (nSPS) is 16.7. The minimum absolute atomic E-state index is 0.0773. The Balaban J connectivity index is 2.19. The van der Waals surface area contributed by atoms with E-state index in [0.717, 1.165) is 6.42 Å². The third-order valence-electron chi connectivity index (χ3n) is 4.09. The molecule has 1 fully saturated rings. The fourth-order valence-electron chi connectivity index (χ4n) is 2.71. The minimum atomic E-state index is -1.48. The summed E-state index contributed by atoms with van der Waals surface area (Å²) in [5.74, 6) is -3.16. The van der Waals surface area contributed by atoms with E-state index in [4.69, 9.17) is 4.74 Å². The highest BCUT2D eigenvalue weighted by molar-refractivity contribution is 6.06. The topological polar surface area (TPSA) is 116 Å². The highest BCUT2D eigenvalue weighted by Crippen LogP contribution is 2.17. The first kappa shape index (κ1) is 19.4. The van der Waals surface area contributed by atoms with E-state index >= 15 is 0 Å². The average molecular weight is 361 g/mol. The van der Waals surface area contributed by atoms with Crippen LogP contribution in [-0.2, 0) is 14.3 Å². The highest BCUT2D eigenvalue weighted by Gasteiger charge is 2.36. The van der Waals surface area contributed by atoms with E-state index in [1.165, 1.54) is 29.2 Å². The second-order valence-corrected chi connectivity index (χ2v) is 5.92. The van der Waals surface area contributed by atoms with Gasteiger partial charge in [-0.3, -0.25) is 14.4 Å². The summed E-state index contributed by atoms with van der Waals surface area (Å²) in [5.41, 5.74) is -0.334. The van der Waals surface area contributed by atoms with Gasteiger partial charge in [0.25, 0.3) is 5.91 Å². The summed E-state index contributed by atoms with van der Waals surface area (Å²) in [6.45, 7) is 2.60. The van der Waals surface area contributed by atoms with Crippen LogP contribution in [0.25, 0.3) is 0 Å². The molecule has 1 saturated heterocycles. The van der Waals surface area contributed by atoms with E-state index < -0.39 is 29.8 Å². The van der Waals surface area contributed by atoms with Gasteiger partial charge in [-0.2, -0.15) is 0 Å². The monoisotopic (exact) mass is 361 g/mol. The van der Waals surface area contributed by atoms with Crippen molar-refractivity contribution >= 4 is 23.8 Å². The molecule has 8 nitrogen and oxygen atoms in total.